The molecule has 0 aliphatic carbocycles. The molecule has 1 N–H and O–H groups in total. The molecule has 1 atom stereocenters. The Balaban J connectivity index is 1.47. The Labute approximate surface area is 210 Å². The van der Waals surface area contributed by atoms with Crippen molar-refractivity contribution in [1.82, 2.24) is 5.32 Å². The molecule has 1 aliphatic rings. The molecular weight excluding hydrogens is 459 g/mol. The first kappa shape index (κ1) is 25.0. The van der Waals surface area contributed by atoms with Crippen molar-refractivity contribution in [1.29, 1.82) is 0 Å². The zero-order valence-electron chi connectivity index (χ0n) is 20.4. The third-order valence-electron chi connectivity index (χ3n) is 5.80. The van der Waals surface area contributed by atoms with Gasteiger partial charge in [-0.05, 0) is 66.9 Å². The molecule has 1 heterocycles. The minimum atomic E-state index is -0.477. The lowest BCUT2D eigenvalue weighted by Gasteiger charge is -2.30. The number of amides is 2. The van der Waals surface area contributed by atoms with Gasteiger partial charge < -0.3 is 14.8 Å². The topological polar surface area (TPSA) is 67.9 Å². The van der Waals surface area contributed by atoms with E-state index in [1.165, 1.54) is 23.1 Å². The summed E-state index contributed by atoms with van der Waals surface area (Å²) in [5, 5.41) is 2.96. The van der Waals surface area contributed by atoms with E-state index < -0.39 is 11.7 Å². The summed E-state index contributed by atoms with van der Waals surface area (Å²) >= 11 is 0. The average Bonchev–Trinajstić information content (AvgIpc) is 2.87. The Morgan fingerprint density at radius 1 is 1.11 bits per heavy atom. The number of ether oxygens (including phenoxy) is 2. The second-order valence-corrected chi connectivity index (χ2v) is 8.58. The van der Waals surface area contributed by atoms with Gasteiger partial charge in [0.1, 0.15) is 18.1 Å². The molecule has 1 aliphatic heterocycles. The van der Waals surface area contributed by atoms with Crippen molar-refractivity contribution in [3.8, 4) is 11.5 Å². The number of halogens is 1. The molecule has 0 radical (unpaired) electrons. The van der Waals surface area contributed by atoms with Crippen LogP contribution in [0.2, 0.25) is 0 Å². The highest BCUT2D eigenvalue weighted by atomic mass is 19.1. The SMILES string of the molecule is CCCCOc1ccc([C@@H](C)NC(=O)CN2C(=O)/C(=C\c3cccc(F)c3)Oc3ccccc32)cc1. The van der Waals surface area contributed by atoms with Gasteiger partial charge in [-0.3, -0.25) is 14.5 Å². The molecule has 186 valence electrons. The Kier molecular flexibility index (Phi) is 8.00. The van der Waals surface area contributed by atoms with Crippen LogP contribution in [0.15, 0.2) is 78.6 Å². The lowest BCUT2D eigenvalue weighted by molar-refractivity contribution is -0.123. The van der Waals surface area contributed by atoms with Crippen LogP contribution in [0.25, 0.3) is 6.08 Å². The monoisotopic (exact) mass is 488 g/mol. The summed E-state index contributed by atoms with van der Waals surface area (Å²) in [4.78, 5) is 27.6. The Bertz CT molecular complexity index is 1260. The smallest absolute Gasteiger partial charge is 0.294 e. The van der Waals surface area contributed by atoms with Crippen LogP contribution in [0.4, 0.5) is 10.1 Å². The fourth-order valence-electron chi connectivity index (χ4n) is 3.87. The average molecular weight is 489 g/mol. The second kappa shape index (κ2) is 11.5. The summed E-state index contributed by atoms with van der Waals surface area (Å²) in [5.74, 6) is 0.0333. The maximum absolute atomic E-state index is 13.6. The first-order chi connectivity index (χ1) is 17.4. The molecule has 0 saturated heterocycles. The summed E-state index contributed by atoms with van der Waals surface area (Å²) in [6.07, 6.45) is 3.54. The number of hydrogen-bond acceptors (Lipinski definition) is 4. The molecule has 3 aromatic rings. The van der Waals surface area contributed by atoms with E-state index in [4.69, 9.17) is 9.47 Å². The molecule has 2 amide bonds. The fraction of sp³-hybridized carbons (Fsp3) is 0.241. The minimum Gasteiger partial charge on any atom is -0.494 e. The number of unbranched alkanes of at least 4 members (excludes halogenated alkanes) is 1. The molecule has 0 spiro atoms. The van der Waals surface area contributed by atoms with Crippen LogP contribution in [-0.4, -0.2) is 25.0 Å². The van der Waals surface area contributed by atoms with Crippen molar-refractivity contribution in [3.05, 3.63) is 95.5 Å². The van der Waals surface area contributed by atoms with Gasteiger partial charge in [0, 0.05) is 0 Å². The molecule has 0 saturated carbocycles. The third-order valence-corrected chi connectivity index (χ3v) is 5.80. The largest absolute Gasteiger partial charge is 0.494 e. The molecule has 0 bridgehead atoms. The van der Waals surface area contributed by atoms with Crippen LogP contribution in [0.5, 0.6) is 11.5 Å². The number of carbonyl (C=O) groups excluding carboxylic acids is 2. The number of rotatable bonds is 9. The summed E-state index contributed by atoms with van der Waals surface area (Å²) in [6.45, 7) is 4.48. The summed E-state index contributed by atoms with van der Waals surface area (Å²) in [6, 6.07) is 20.2. The van der Waals surface area contributed by atoms with Gasteiger partial charge in [0.25, 0.3) is 5.91 Å². The Morgan fingerprint density at radius 2 is 1.89 bits per heavy atom. The van der Waals surface area contributed by atoms with Crippen molar-refractivity contribution >= 4 is 23.6 Å². The van der Waals surface area contributed by atoms with Gasteiger partial charge in [-0.1, -0.05) is 49.7 Å². The quantitative estimate of drug-likeness (QED) is 0.312. The van der Waals surface area contributed by atoms with E-state index in [-0.39, 0.29) is 24.3 Å². The molecule has 0 fully saturated rings. The number of para-hydroxylation sites is 2. The van der Waals surface area contributed by atoms with E-state index in [1.54, 1.807) is 36.4 Å². The lowest BCUT2D eigenvalue weighted by Crippen LogP contribution is -2.44. The standard InChI is InChI=1S/C29H29FN2O4/c1-3-4-16-35-24-14-12-22(13-15-24)20(2)31-28(33)19-32-25-10-5-6-11-26(25)36-27(29(32)34)18-21-8-7-9-23(30)17-21/h5-15,17-18,20H,3-4,16,19H2,1-2H3,(H,31,33)/b27-18+/t20-/m1/s1. The van der Waals surface area contributed by atoms with Crippen molar-refractivity contribution in [2.45, 2.75) is 32.7 Å². The van der Waals surface area contributed by atoms with Gasteiger partial charge in [0.2, 0.25) is 5.91 Å². The lowest BCUT2D eigenvalue weighted by atomic mass is 10.1. The number of nitrogens with zero attached hydrogens (tertiary/aromatic N) is 1. The van der Waals surface area contributed by atoms with Crippen LogP contribution >= 0.6 is 0 Å². The second-order valence-electron chi connectivity index (χ2n) is 8.58. The van der Waals surface area contributed by atoms with Crippen LogP contribution in [-0.2, 0) is 9.59 Å². The number of benzene rings is 3. The number of anilines is 1. The highest BCUT2D eigenvalue weighted by Crippen LogP contribution is 2.35. The first-order valence-electron chi connectivity index (χ1n) is 12.0. The molecule has 4 rings (SSSR count). The number of carbonyl (C=O) groups is 2. The maximum atomic E-state index is 13.6. The zero-order valence-corrected chi connectivity index (χ0v) is 20.4. The van der Waals surface area contributed by atoms with Gasteiger partial charge in [-0.15, -0.1) is 0 Å². The summed E-state index contributed by atoms with van der Waals surface area (Å²) in [5.41, 5.74) is 1.90. The normalized spacial score (nSPS) is 14.7. The van der Waals surface area contributed by atoms with Crippen molar-refractivity contribution in [3.63, 3.8) is 0 Å². The predicted octanol–water partition coefficient (Wildman–Crippen LogP) is 5.65. The molecule has 7 heteroatoms. The predicted molar refractivity (Wildman–Crippen MR) is 137 cm³/mol. The zero-order chi connectivity index (χ0) is 25.5. The van der Waals surface area contributed by atoms with Crippen LogP contribution in [0.1, 0.15) is 43.9 Å². The number of hydrogen-bond donors (Lipinski definition) is 1. The van der Waals surface area contributed by atoms with E-state index in [1.807, 2.05) is 31.2 Å². The Morgan fingerprint density at radius 3 is 2.64 bits per heavy atom. The van der Waals surface area contributed by atoms with E-state index >= 15 is 0 Å². The van der Waals surface area contributed by atoms with E-state index in [0.29, 0.717) is 23.6 Å². The Hall–Kier alpha value is -4.13. The van der Waals surface area contributed by atoms with Gasteiger partial charge >= 0.3 is 0 Å². The number of fused-ring (bicyclic) bond motifs is 1. The minimum absolute atomic E-state index is 0.0128. The van der Waals surface area contributed by atoms with Gasteiger partial charge in [-0.2, -0.15) is 0 Å². The van der Waals surface area contributed by atoms with Gasteiger partial charge in [0.15, 0.2) is 11.5 Å². The van der Waals surface area contributed by atoms with Crippen LogP contribution in [0.3, 0.4) is 0 Å². The number of nitrogens with one attached hydrogen (secondary N) is 1. The molecule has 0 aromatic heterocycles. The molecule has 36 heavy (non-hydrogen) atoms. The van der Waals surface area contributed by atoms with Crippen LogP contribution < -0.4 is 19.7 Å². The van der Waals surface area contributed by atoms with E-state index in [0.717, 1.165) is 24.2 Å². The molecule has 3 aromatic carbocycles. The van der Waals surface area contributed by atoms with Gasteiger partial charge in [0.05, 0.1) is 18.3 Å². The van der Waals surface area contributed by atoms with Crippen molar-refractivity contribution in [2.75, 3.05) is 18.1 Å². The maximum Gasteiger partial charge on any atom is 0.294 e. The van der Waals surface area contributed by atoms with Gasteiger partial charge in [-0.25, -0.2) is 4.39 Å². The first-order valence-corrected chi connectivity index (χ1v) is 12.0. The summed E-state index contributed by atoms with van der Waals surface area (Å²) in [7, 11) is 0. The highest BCUT2D eigenvalue weighted by molar-refractivity contribution is 6.12. The van der Waals surface area contributed by atoms with Crippen LogP contribution in [0, 0.1) is 5.82 Å². The molecule has 6 nitrogen and oxygen atoms in total. The molecule has 0 unspecified atom stereocenters. The van der Waals surface area contributed by atoms with Crippen molar-refractivity contribution < 1.29 is 23.5 Å². The third kappa shape index (κ3) is 6.10. The fourth-order valence-corrected chi connectivity index (χ4v) is 3.87. The van der Waals surface area contributed by atoms with Crippen molar-refractivity contribution in [2.24, 2.45) is 0 Å². The molecular formula is C29H29FN2O4. The van der Waals surface area contributed by atoms with E-state index in [9.17, 15) is 14.0 Å². The van der Waals surface area contributed by atoms with E-state index in [2.05, 4.69) is 12.2 Å². The summed E-state index contributed by atoms with van der Waals surface area (Å²) < 4.78 is 25.1. The highest BCUT2D eigenvalue weighted by Gasteiger charge is 2.31.